The highest BCUT2D eigenvalue weighted by Crippen LogP contribution is 2.52. The minimum absolute atomic E-state index is 0.0988. The number of fused-ring (bicyclic) bond motifs is 4. The Hall–Kier alpha value is -7.74. The fourth-order valence-electron chi connectivity index (χ4n) is 9.84. The summed E-state index contributed by atoms with van der Waals surface area (Å²) in [7, 11) is 0. The van der Waals surface area contributed by atoms with E-state index in [1.807, 2.05) is 0 Å². The number of hydrogen-bond acceptors (Lipinski definition) is 1. The monoisotopic (exact) mass is 791 g/mol. The van der Waals surface area contributed by atoms with Crippen LogP contribution in [-0.4, -0.2) is 0 Å². The largest absolute Gasteiger partial charge is 0.310 e. The van der Waals surface area contributed by atoms with Gasteiger partial charge in [-0.3, -0.25) is 0 Å². The van der Waals surface area contributed by atoms with Crippen molar-refractivity contribution in [1.82, 2.24) is 0 Å². The third kappa shape index (κ3) is 6.51. The third-order valence-corrected chi connectivity index (χ3v) is 12.9. The SMILES string of the molecule is CC1(C)c2ccccc2-c2cccc(-c3ccc(N(c4ccc(-c5cccc(-c6cccc7ccccc67)c5)cc4)c4ccccc4-c4ccc(-c5ccccc5)cc4)cc3)c21. The average molecular weight is 792 g/mol. The second-order valence-corrected chi connectivity index (χ2v) is 16.9. The molecule has 0 saturated carbocycles. The molecule has 0 amide bonds. The smallest absolute Gasteiger partial charge is 0.0540 e. The van der Waals surface area contributed by atoms with Gasteiger partial charge in [-0.25, -0.2) is 0 Å². The van der Waals surface area contributed by atoms with E-state index in [0.717, 1.165) is 17.1 Å². The highest BCUT2D eigenvalue weighted by Gasteiger charge is 2.37. The van der Waals surface area contributed by atoms with Crippen LogP contribution >= 0.6 is 0 Å². The summed E-state index contributed by atoms with van der Waals surface area (Å²) in [5.41, 5.74) is 20.8. The molecule has 0 spiro atoms. The summed E-state index contributed by atoms with van der Waals surface area (Å²) in [6.07, 6.45) is 0. The van der Waals surface area contributed by atoms with E-state index in [1.165, 1.54) is 88.7 Å². The normalized spacial score (nSPS) is 12.5. The lowest BCUT2D eigenvalue weighted by Gasteiger charge is -2.29. The second-order valence-electron chi connectivity index (χ2n) is 16.9. The Morgan fingerprint density at radius 1 is 0.306 bits per heavy atom. The van der Waals surface area contributed by atoms with Crippen molar-refractivity contribution in [3.05, 3.63) is 248 Å². The van der Waals surface area contributed by atoms with E-state index < -0.39 is 0 Å². The number of rotatable bonds is 8. The summed E-state index contributed by atoms with van der Waals surface area (Å²) in [5.74, 6) is 0. The Labute approximate surface area is 364 Å². The van der Waals surface area contributed by atoms with Gasteiger partial charge < -0.3 is 4.90 Å². The van der Waals surface area contributed by atoms with E-state index in [1.54, 1.807) is 0 Å². The molecule has 0 radical (unpaired) electrons. The van der Waals surface area contributed by atoms with Gasteiger partial charge in [-0.1, -0.05) is 214 Å². The van der Waals surface area contributed by atoms with Crippen LogP contribution in [0.4, 0.5) is 17.1 Å². The van der Waals surface area contributed by atoms with Gasteiger partial charge in [0.05, 0.1) is 5.69 Å². The molecule has 0 aliphatic heterocycles. The Balaban J connectivity index is 0.998. The molecule has 294 valence electrons. The van der Waals surface area contributed by atoms with Gasteiger partial charge in [-0.2, -0.15) is 0 Å². The molecule has 1 aliphatic rings. The van der Waals surface area contributed by atoms with Crippen molar-refractivity contribution in [2.24, 2.45) is 0 Å². The molecule has 11 rings (SSSR count). The molecule has 1 heteroatoms. The van der Waals surface area contributed by atoms with Crippen molar-refractivity contribution >= 4 is 27.8 Å². The van der Waals surface area contributed by atoms with Crippen LogP contribution in [0.2, 0.25) is 0 Å². The maximum atomic E-state index is 2.41. The summed E-state index contributed by atoms with van der Waals surface area (Å²) < 4.78 is 0. The van der Waals surface area contributed by atoms with Crippen LogP contribution in [0.1, 0.15) is 25.0 Å². The fraction of sp³-hybridized carbons (Fsp3) is 0.0492. The van der Waals surface area contributed by atoms with Gasteiger partial charge in [0.2, 0.25) is 0 Å². The van der Waals surface area contributed by atoms with Gasteiger partial charge in [0, 0.05) is 22.4 Å². The molecule has 62 heavy (non-hydrogen) atoms. The second kappa shape index (κ2) is 15.4. The van der Waals surface area contributed by atoms with E-state index >= 15 is 0 Å². The fourth-order valence-corrected chi connectivity index (χ4v) is 9.84. The number of para-hydroxylation sites is 1. The molecule has 0 atom stereocenters. The van der Waals surface area contributed by atoms with Gasteiger partial charge in [0.15, 0.2) is 0 Å². The Morgan fingerprint density at radius 3 is 1.56 bits per heavy atom. The maximum absolute atomic E-state index is 2.41. The first kappa shape index (κ1) is 37.3. The van der Waals surface area contributed by atoms with Gasteiger partial charge >= 0.3 is 0 Å². The summed E-state index contributed by atoms with van der Waals surface area (Å²) >= 11 is 0. The Kier molecular flexibility index (Phi) is 9.24. The molecular formula is C61H45N. The lowest BCUT2D eigenvalue weighted by atomic mass is 9.79. The van der Waals surface area contributed by atoms with E-state index in [0.29, 0.717) is 0 Å². The predicted molar refractivity (Wildman–Crippen MR) is 263 cm³/mol. The quantitative estimate of drug-likeness (QED) is 0.148. The van der Waals surface area contributed by atoms with Gasteiger partial charge in [0.1, 0.15) is 0 Å². The van der Waals surface area contributed by atoms with Crippen molar-refractivity contribution in [3.8, 4) is 66.8 Å². The van der Waals surface area contributed by atoms with Crippen LogP contribution in [0.3, 0.4) is 0 Å². The number of anilines is 3. The third-order valence-electron chi connectivity index (χ3n) is 12.9. The van der Waals surface area contributed by atoms with Crippen LogP contribution in [-0.2, 0) is 5.41 Å². The highest BCUT2D eigenvalue weighted by atomic mass is 15.1. The van der Waals surface area contributed by atoms with Crippen molar-refractivity contribution in [2.45, 2.75) is 19.3 Å². The molecular weight excluding hydrogens is 747 g/mol. The lowest BCUT2D eigenvalue weighted by Crippen LogP contribution is -2.16. The summed E-state index contributed by atoms with van der Waals surface area (Å²) in [5, 5.41) is 2.52. The molecule has 10 aromatic rings. The molecule has 1 nitrogen and oxygen atoms in total. The van der Waals surface area contributed by atoms with E-state index in [9.17, 15) is 0 Å². The van der Waals surface area contributed by atoms with Crippen molar-refractivity contribution in [1.29, 1.82) is 0 Å². The average Bonchev–Trinajstić information content (AvgIpc) is 3.58. The van der Waals surface area contributed by atoms with Crippen LogP contribution < -0.4 is 4.90 Å². The van der Waals surface area contributed by atoms with Gasteiger partial charge in [-0.15, -0.1) is 0 Å². The Morgan fingerprint density at radius 2 is 0.774 bits per heavy atom. The van der Waals surface area contributed by atoms with Gasteiger partial charge in [-0.05, 0) is 119 Å². The van der Waals surface area contributed by atoms with E-state index in [4.69, 9.17) is 0 Å². The molecule has 0 aromatic heterocycles. The van der Waals surface area contributed by atoms with E-state index in [-0.39, 0.29) is 5.41 Å². The molecule has 0 unspecified atom stereocenters. The van der Waals surface area contributed by atoms with Crippen LogP contribution in [0, 0.1) is 0 Å². The van der Waals surface area contributed by atoms with Crippen molar-refractivity contribution < 1.29 is 0 Å². The first-order valence-electron chi connectivity index (χ1n) is 21.6. The lowest BCUT2D eigenvalue weighted by molar-refractivity contribution is 0.662. The highest BCUT2D eigenvalue weighted by molar-refractivity contribution is 5.97. The van der Waals surface area contributed by atoms with Crippen LogP contribution in [0.5, 0.6) is 0 Å². The van der Waals surface area contributed by atoms with E-state index in [2.05, 4.69) is 255 Å². The molecule has 0 saturated heterocycles. The minimum atomic E-state index is -0.0988. The topological polar surface area (TPSA) is 3.24 Å². The first-order valence-corrected chi connectivity index (χ1v) is 21.6. The van der Waals surface area contributed by atoms with Gasteiger partial charge in [0.25, 0.3) is 0 Å². The molecule has 0 heterocycles. The molecule has 1 aliphatic carbocycles. The molecule has 0 fully saturated rings. The standard InChI is InChI=1S/C61H45N/c1-61(2)58-27-10-8-23-56(58)57-26-14-25-55(60(57)61)47-35-39-51(40-36-47)62(59-28-11-9-22-54(59)46-31-29-43(30-32-46)42-15-4-3-5-16-42)50-37-33-44(34-38-50)48-19-12-20-49(41-48)53-24-13-18-45-17-6-7-21-52(45)53/h3-41H,1-2H3. The zero-order valence-electron chi connectivity index (χ0n) is 35.0. The maximum Gasteiger partial charge on any atom is 0.0540 e. The molecule has 0 bridgehead atoms. The Bertz CT molecular complexity index is 3220. The van der Waals surface area contributed by atoms with Crippen molar-refractivity contribution in [2.75, 3.05) is 4.90 Å². The number of benzene rings is 10. The summed E-state index contributed by atoms with van der Waals surface area (Å²) in [4.78, 5) is 2.41. The first-order chi connectivity index (χ1) is 30.5. The number of hydrogen-bond donors (Lipinski definition) is 0. The predicted octanol–water partition coefficient (Wildman–Crippen LogP) is 17.0. The zero-order valence-corrected chi connectivity index (χ0v) is 35.0. The summed E-state index contributed by atoms with van der Waals surface area (Å²) in [6, 6.07) is 86.5. The van der Waals surface area contributed by atoms with Crippen molar-refractivity contribution in [3.63, 3.8) is 0 Å². The van der Waals surface area contributed by atoms with Crippen LogP contribution in [0.15, 0.2) is 237 Å². The molecule has 10 aromatic carbocycles. The molecule has 0 N–H and O–H groups in total. The summed E-state index contributed by atoms with van der Waals surface area (Å²) in [6.45, 7) is 4.73. The zero-order chi connectivity index (χ0) is 41.6. The minimum Gasteiger partial charge on any atom is -0.310 e. The number of nitrogens with zero attached hydrogens (tertiary/aromatic N) is 1. The van der Waals surface area contributed by atoms with Crippen LogP contribution in [0.25, 0.3) is 77.5 Å².